The molecular weight excluding hydrogens is 296 g/mol. The Morgan fingerprint density at radius 1 is 0.864 bits per heavy atom. The fourth-order valence-electron chi connectivity index (χ4n) is 2.47. The molecule has 0 fully saturated rings. The van der Waals surface area contributed by atoms with Crippen LogP contribution in [0.4, 0.5) is 0 Å². The Bertz CT molecular complexity index is 806. The number of carbonyl (C=O) groups excluding carboxylic acids is 1. The smallest absolute Gasteiger partial charge is 0.315 e. The first kappa shape index (κ1) is 14.6. The number of fused-ring (bicyclic) bond motifs is 1. The lowest BCUT2D eigenvalue weighted by molar-refractivity contribution is -0.133. The van der Waals surface area contributed by atoms with Crippen LogP contribution in [0, 0.1) is 0 Å². The highest BCUT2D eigenvalue weighted by atomic mass is 35.5. The van der Waals surface area contributed by atoms with Gasteiger partial charge >= 0.3 is 5.97 Å². The highest BCUT2D eigenvalue weighted by molar-refractivity contribution is 6.17. The third-order valence-electron chi connectivity index (χ3n) is 3.56. The van der Waals surface area contributed by atoms with E-state index in [4.69, 9.17) is 16.3 Å². The van der Waals surface area contributed by atoms with Crippen molar-refractivity contribution in [2.24, 2.45) is 0 Å². The van der Waals surface area contributed by atoms with E-state index >= 15 is 0 Å². The number of carbonyl (C=O) groups is 1. The van der Waals surface area contributed by atoms with Gasteiger partial charge in [-0.25, -0.2) is 0 Å². The van der Waals surface area contributed by atoms with Crippen molar-refractivity contribution in [1.82, 2.24) is 0 Å². The van der Waals surface area contributed by atoms with Crippen molar-refractivity contribution < 1.29 is 9.53 Å². The van der Waals surface area contributed by atoms with E-state index < -0.39 is 0 Å². The van der Waals surface area contributed by atoms with Gasteiger partial charge in [0.25, 0.3) is 0 Å². The molecule has 3 aromatic carbocycles. The molecule has 22 heavy (non-hydrogen) atoms. The van der Waals surface area contributed by atoms with Crippen molar-refractivity contribution in [3.05, 3.63) is 77.9 Å². The molecule has 0 aliphatic carbocycles. The molecule has 110 valence electrons. The Morgan fingerprint density at radius 3 is 2.41 bits per heavy atom. The van der Waals surface area contributed by atoms with Gasteiger partial charge in [-0.2, -0.15) is 0 Å². The molecule has 0 saturated heterocycles. The highest BCUT2D eigenvalue weighted by Crippen LogP contribution is 2.22. The Morgan fingerprint density at radius 2 is 1.55 bits per heavy atom. The van der Waals surface area contributed by atoms with Gasteiger partial charge in [0.1, 0.15) is 5.75 Å². The summed E-state index contributed by atoms with van der Waals surface area (Å²) >= 11 is 5.86. The van der Waals surface area contributed by atoms with E-state index in [1.807, 2.05) is 60.7 Å². The molecule has 0 saturated carbocycles. The van der Waals surface area contributed by atoms with Crippen LogP contribution in [-0.4, -0.2) is 5.97 Å². The second-order valence-corrected chi connectivity index (χ2v) is 5.30. The lowest BCUT2D eigenvalue weighted by atomic mass is 10.0. The maximum absolute atomic E-state index is 12.2. The Balaban J connectivity index is 1.82. The second-order valence-electron chi connectivity index (χ2n) is 5.03. The number of halogens is 1. The summed E-state index contributed by atoms with van der Waals surface area (Å²) in [6.45, 7) is 0. The fourth-order valence-corrected chi connectivity index (χ4v) is 2.70. The SMILES string of the molecule is O=C(Cc1cccc2ccccc12)Oc1ccccc1CCl. The maximum Gasteiger partial charge on any atom is 0.315 e. The van der Waals surface area contributed by atoms with Crippen molar-refractivity contribution in [2.45, 2.75) is 12.3 Å². The third kappa shape index (κ3) is 3.12. The van der Waals surface area contributed by atoms with E-state index in [9.17, 15) is 4.79 Å². The van der Waals surface area contributed by atoms with Crippen molar-refractivity contribution in [1.29, 1.82) is 0 Å². The number of benzene rings is 3. The van der Waals surface area contributed by atoms with Crippen LogP contribution in [0.3, 0.4) is 0 Å². The van der Waals surface area contributed by atoms with E-state index in [2.05, 4.69) is 0 Å². The fraction of sp³-hybridized carbons (Fsp3) is 0.105. The van der Waals surface area contributed by atoms with Crippen LogP contribution < -0.4 is 4.74 Å². The zero-order valence-corrected chi connectivity index (χ0v) is 12.7. The Labute approximate surface area is 134 Å². The first-order valence-corrected chi connectivity index (χ1v) is 7.62. The predicted octanol–water partition coefficient (Wildman–Crippen LogP) is 4.73. The minimum absolute atomic E-state index is 0.234. The molecule has 0 unspecified atom stereocenters. The summed E-state index contributed by atoms with van der Waals surface area (Å²) in [4.78, 5) is 12.2. The number of para-hydroxylation sites is 1. The number of alkyl halides is 1. The number of ether oxygens (including phenoxy) is 1. The summed E-state index contributed by atoms with van der Waals surface area (Å²) in [5.74, 6) is 0.564. The molecule has 0 radical (unpaired) electrons. The molecular formula is C19H15ClO2. The molecule has 3 rings (SSSR count). The maximum atomic E-state index is 12.2. The number of hydrogen-bond acceptors (Lipinski definition) is 2. The molecule has 0 amide bonds. The van der Waals surface area contributed by atoms with E-state index in [1.54, 1.807) is 6.07 Å². The summed E-state index contributed by atoms with van der Waals surface area (Å²) in [5.41, 5.74) is 1.78. The molecule has 0 N–H and O–H groups in total. The Kier molecular flexibility index (Phi) is 4.40. The topological polar surface area (TPSA) is 26.3 Å². The van der Waals surface area contributed by atoms with Crippen molar-refractivity contribution in [3.63, 3.8) is 0 Å². The minimum Gasteiger partial charge on any atom is -0.426 e. The molecule has 0 aromatic heterocycles. The standard InChI is InChI=1S/C19H15ClO2/c20-13-16-7-2-4-11-18(16)22-19(21)12-15-9-5-8-14-6-1-3-10-17(14)15/h1-11H,12-13H2. The summed E-state index contributed by atoms with van der Waals surface area (Å²) in [6, 6.07) is 21.3. The molecule has 3 heteroatoms. The van der Waals surface area contributed by atoms with Crippen LogP contribution in [0.2, 0.25) is 0 Å². The lowest BCUT2D eigenvalue weighted by Crippen LogP contribution is -2.12. The molecule has 0 spiro atoms. The van der Waals surface area contributed by atoms with E-state index in [-0.39, 0.29) is 12.4 Å². The van der Waals surface area contributed by atoms with E-state index in [1.165, 1.54) is 0 Å². The summed E-state index contributed by atoms with van der Waals surface area (Å²) in [5, 5.41) is 2.20. The quantitative estimate of drug-likeness (QED) is 0.396. The molecule has 3 aromatic rings. The largest absolute Gasteiger partial charge is 0.426 e. The van der Waals surface area contributed by atoms with Gasteiger partial charge in [-0.05, 0) is 22.4 Å². The highest BCUT2D eigenvalue weighted by Gasteiger charge is 2.11. The lowest BCUT2D eigenvalue weighted by Gasteiger charge is -2.09. The van der Waals surface area contributed by atoms with Crippen LogP contribution in [0.25, 0.3) is 10.8 Å². The van der Waals surface area contributed by atoms with Gasteiger partial charge in [-0.1, -0.05) is 60.7 Å². The molecule has 0 aliphatic heterocycles. The summed E-state index contributed by atoms with van der Waals surface area (Å²) < 4.78 is 5.47. The van der Waals surface area contributed by atoms with Crippen LogP contribution >= 0.6 is 11.6 Å². The zero-order chi connectivity index (χ0) is 15.4. The van der Waals surface area contributed by atoms with Gasteiger partial charge in [-0.3, -0.25) is 4.79 Å². The van der Waals surface area contributed by atoms with Gasteiger partial charge in [-0.15, -0.1) is 11.6 Å². The third-order valence-corrected chi connectivity index (χ3v) is 3.84. The molecule has 2 nitrogen and oxygen atoms in total. The van der Waals surface area contributed by atoms with Gasteiger partial charge in [0.05, 0.1) is 12.3 Å². The second kappa shape index (κ2) is 6.63. The normalized spacial score (nSPS) is 10.6. The molecule has 0 atom stereocenters. The van der Waals surface area contributed by atoms with Crippen LogP contribution in [0.15, 0.2) is 66.7 Å². The summed E-state index contributed by atoms with van der Waals surface area (Å²) in [7, 11) is 0. The number of rotatable bonds is 4. The summed E-state index contributed by atoms with van der Waals surface area (Å²) in [6.07, 6.45) is 0.234. The number of hydrogen-bond donors (Lipinski definition) is 0. The molecule has 0 aliphatic rings. The average molecular weight is 311 g/mol. The van der Waals surface area contributed by atoms with E-state index in [0.29, 0.717) is 11.6 Å². The van der Waals surface area contributed by atoms with Gasteiger partial charge in [0, 0.05) is 5.56 Å². The zero-order valence-electron chi connectivity index (χ0n) is 12.0. The van der Waals surface area contributed by atoms with Gasteiger partial charge in [0.15, 0.2) is 0 Å². The van der Waals surface area contributed by atoms with Crippen LogP contribution in [0.5, 0.6) is 5.75 Å². The van der Waals surface area contributed by atoms with Crippen molar-refractivity contribution >= 4 is 28.3 Å². The van der Waals surface area contributed by atoms with Crippen molar-refractivity contribution in [3.8, 4) is 5.75 Å². The first-order valence-electron chi connectivity index (χ1n) is 7.09. The minimum atomic E-state index is -0.283. The Hall–Kier alpha value is -2.32. The predicted molar refractivity (Wildman–Crippen MR) is 89.3 cm³/mol. The molecule has 0 heterocycles. The molecule has 0 bridgehead atoms. The van der Waals surface area contributed by atoms with Crippen molar-refractivity contribution in [2.75, 3.05) is 0 Å². The average Bonchev–Trinajstić information content (AvgIpc) is 2.55. The first-order chi connectivity index (χ1) is 10.8. The van der Waals surface area contributed by atoms with Crippen LogP contribution in [0.1, 0.15) is 11.1 Å². The van der Waals surface area contributed by atoms with E-state index in [0.717, 1.165) is 21.9 Å². The van der Waals surface area contributed by atoms with Gasteiger partial charge < -0.3 is 4.74 Å². The number of esters is 1. The monoisotopic (exact) mass is 310 g/mol. The van der Waals surface area contributed by atoms with Crippen LogP contribution in [-0.2, 0) is 17.1 Å². The van der Waals surface area contributed by atoms with Gasteiger partial charge in [0.2, 0.25) is 0 Å².